The summed E-state index contributed by atoms with van der Waals surface area (Å²) in [5, 5.41) is 3.36. The van der Waals surface area contributed by atoms with E-state index in [1.54, 1.807) is 0 Å². The maximum absolute atomic E-state index is 12.4. The van der Waals surface area contributed by atoms with E-state index in [9.17, 15) is 4.79 Å². The summed E-state index contributed by atoms with van der Waals surface area (Å²) in [6.07, 6.45) is 4.19. The summed E-state index contributed by atoms with van der Waals surface area (Å²) < 4.78 is 0. The third-order valence-electron chi connectivity index (χ3n) is 4.29. The molecule has 2 aliphatic rings. The highest BCUT2D eigenvalue weighted by Crippen LogP contribution is 2.19. The predicted octanol–water partition coefficient (Wildman–Crippen LogP) is 0.929. The zero-order chi connectivity index (χ0) is 13.0. The fraction of sp³-hybridized carbons (Fsp3) is 0.929. The number of nitrogens with one attached hydrogen (secondary N) is 1. The summed E-state index contributed by atoms with van der Waals surface area (Å²) in [5.74, 6) is 0.983. The van der Waals surface area contributed by atoms with Crippen LogP contribution in [0.15, 0.2) is 0 Å². The highest BCUT2D eigenvalue weighted by Gasteiger charge is 2.26. The Hall–Kier alpha value is -0.610. The van der Waals surface area contributed by atoms with Gasteiger partial charge < -0.3 is 15.1 Å². The van der Waals surface area contributed by atoms with Crippen LogP contribution in [-0.2, 0) is 4.79 Å². The van der Waals surface area contributed by atoms with E-state index in [4.69, 9.17) is 0 Å². The lowest BCUT2D eigenvalue weighted by Gasteiger charge is -2.30. The van der Waals surface area contributed by atoms with Gasteiger partial charge in [0.15, 0.2) is 0 Å². The molecule has 1 unspecified atom stereocenters. The fourth-order valence-corrected chi connectivity index (χ4v) is 3.19. The van der Waals surface area contributed by atoms with Crippen LogP contribution in [0.5, 0.6) is 0 Å². The van der Waals surface area contributed by atoms with Crippen LogP contribution < -0.4 is 5.32 Å². The molecule has 2 rings (SSSR count). The van der Waals surface area contributed by atoms with E-state index < -0.39 is 0 Å². The van der Waals surface area contributed by atoms with Crippen LogP contribution in [0.1, 0.15) is 32.6 Å². The van der Waals surface area contributed by atoms with Crippen molar-refractivity contribution in [3.05, 3.63) is 0 Å². The maximum atomic E-state index is 12.4. The van der Waals surface area contributed by atoms with E-state index in [-0.39, 0.29) is 0 Å². The summed E-state index contributed by atoms with van der Waals surface area (Å²) in [4.78, 5) is 16.9. The van der Waals surface area contributed by atoms with E-state index in [0.717, 1.165) is 58.4 Å². The lowest BCUT2D eigenvalue weighted by Crippen LogP contribution is -2.43. The molecular weight excluding hydrogens is 226 g/mol. The Balaban J connectivity index is 1.86. The van der Waals surface area contributed by atoms with Crippen molar-refractivity contribution in [3.8, 4) is 0 Å². The van der Waals surface area contributed by atoms with Crippen molar-refractivity contribution in [2.24, 2.45) is 5.92 Å². The molecule has 2 saturated heterocycles. The van der Waals surface area contributed by atoms with Gasteiger partial charge in [0.1, 0.15) is 0 Å². The van der Waals surface area contributed by atoms with Crippen LogP contribution in [-0.4, -0.2) is 61.5 Å². The molecule has 1 atom stereocenters. The zero-order valence-corrected chi connectivity index (χ0v) is 11.8. The standard InChI is InChI=1S/C14H27N3O/c1-12-11-16(2)8-3-9-17(12)14(18)10-13-4-6-15-7-5-13/h12-13,15H,3-11H2,1-2H3. The van der Waals surface area contributed by atoms with Crippen molar-refractivity contribution in [1.82, 2.24) is 15.1 Å². The van der Waals surface area contributed by atoms with Gasteiger partial charge in [-0.15, -0.1) is 0 Å². The first-order valence-electron chi connectivity index (χ1n) is 7.35. The number of rotatable bonds is 2. The highest BCUT2D eigenvalue weighted by molar-refractivity contribution is 5.76. The van der Waals surface area contributed by atoms with Crippen LogP contribution in [0.3, 0.4) is 0 Å². The molecule has 0 aromatic carbocycles. The number of hydrogen-bond donors (Lipinski definition) is 1. The second kappa shape index (κ2) is 6.53. The van der Waals surface area contributed by atoms with Crippen LogP contribution >= 0.6 is 0 Å². The van der Waals surface area contributed by atoms with Crippen LogP contribution in [0, 0.1) is 5.92 Å². The van der Waals surface area contributed by atoms with E-state index in [1.807, 2.05) is 0 Å². The minimum atomic E-state index is 0.367. The average molecular weight is 253 g/mol. The number of piperidine rings is 1. The van der Waals surface area contributed by atoms with Gasteiger partial charge in [-0.25, -0.2) is 0 Å². The van der Waals surface area contributed by atoms with Gasteiger partial charge in [0, 0.05) is 25.6 Å². The molecule has 0 aliphatic carbocycles. The normalized spacial score (nSPS) is 28.1. The monoisotopic (exact) mass is 253 g/mol. The van der Waals surface area contributed by atoms with Gasteiger partial charge in [-0.1, -0.05) is 0 Å². The van der Waals surface area contributed by atoms with Gasteiger partial charge >= 0.3 is 0 Å². The molecule has 2 fully saturated rings. The SMILES string of the molecule is CC1CN(C)CCCN1C(=O)CC1CCNCC1. The molecule has 0 bridgehead atoms. The first kappa shape index (κ1) is 13.8. The van der Waals surface area contributed by atoms with Gasteiger partial charge in [0.25, 0.3) is 0 Å². The Bertz CT molecular complexity index is 276. The summed E-state index contributed by atoms with van der Waals surface area (Å²) in [6.45, 7) is 7.41. The van der Waals surface area contributed by atoms with Crippen LogP contribution in [0.25, 0.3) is 0 Å². The molecule has 0 radical (unpaired) electrons. The lowest BCUT2D eigenvalue weighted by molar-refractivity contribution is -0.134. The maximum Gasteiger partial charge on any atom is 0.223 e. The number of carbonyl (C=O) groups is 1. The molecule has 0 aromatic heterocycles. The van der Waals surface area contributed by atoms with Gasteiger partial charge in [0.05, 0.1) is 0 Å². The molecule has 0 spiro atoms. The number of carbonyl (C=O) groups excluding carboxylic acids is 1. The minimum absolute atomic E-state index is 0.367. The molecule has 4 nitrogen and oxygen atoms in total. The van der Waals surface area contributed by atoms with Gasteiger partial charge in [-0.2, -0.15) is 0 Å². The van der Waals surface area contributed by atoms with Crippen molar-refractivity contribution in [1.29, 1.82) is 0 Å². The third-order valence-corrected chi connectivity index (χ3v) is 4.29. The van der Waals surface area contributed by atoms with Crippen molar-refractivity contribution in [3.63, 3.8) is 0 Å². The first-order valence-corrected chi connectivity index (χ1v) is 7.35. The first-order chi connectivity index (χ1) is 8.66. The van der Waals surface area contributed by atoms with Crippen molar-refractivity contribution in [2.45, 2.75) is 38.6 Å². The molecule has 18 heavy (non-hydrogen) atoms. The fourth-order valence-electron chi connectivity index (χ4n) is 3.19. The van der Waals surface area contributed by atoms with Crippen LogP contribution in [0.4, 0.5) is 0 Å². The molecule has 2 heterocycles. The number of likely N-dealkylation sites (N-methyl/N-ethyl adjacent to an activating group) is 1. The molecule has 0 aromatic rings. The summed E-state index contributed by atoms with van der Waals surface area (Å²) in [5.41, 5.74) is 0. The van der Waals surface area contributed by atoms with Gasteiger partial charge in [-0.05, 0) is 58.8 Å². The van der Waals surface area contributed by atoms with Crippen molar-refractivity contribution < 1.29 is 4.79 Å². The summed E-state index contributed by atoms with van der Waals surface area (Å²) >= 11 is 0. The van der Waals surface area contributed by atoms with E-state index in [2.05, 4.69) is 29.1 Å². The average Bonchev–Trinajstić information content (AvgIpc) is 2.51. The molecule has 4 heteroatoms. The molecule has 104 valence electrons. The largest absolute Gasteiger partial charge is 0.339 e. The van der Waals surface area contributed by atoms with E-state index >= 15 is 0 Å². The van der Waals surface area contributed by atoms with Crippen LogP contribution in [0.2, 0.25) is 0 Å². The summed E-state index contributed by atoms with van der Waals surface area (Å²) in [7, 11) is 2.15. The van der Waals surface area contributed by atoms with E-state index in [0.29, 0.717) is 17.9 Å². The Morgan fingerprint density at radius 2 is 2.00 bits per heavy atom. The second-order valence-electron chi connectivity index (χ2n) is 5.95. The van der Waals surface area contributed by atoms with E-state index in [1.165, 1.54) is 0 Å². The minimum Gasteiger partial charge on any atom is -0.339 e. The molecular formula is C14H27N3O. The lowest BCUT2D eigenvalue weighted by atomic mass is 9.94. The Morgan fingerprint density at radius 3 is 2.72 bits per heavy atom. The Labute approximate surface area is 111 Å². The third kappa shape index (κ3) is 3.69. The molecule has 0 saturated carbocycles. The number of amides is 1. The smallest absolute Gasteiger partial charge is 0.223 e. The summed E-state index contributed by atoms with van der Waals surface area (Å²) in [6, 6.07) is 0.367. The number of nitrogens with zero attached hydrogens (tertiary/aromatic N) is 2. The zero-order valence-electron chi connectivity index (χ0n) is 11.8. The highest BCUT2D eigenvalue weighted by atomic mass is 16.2. The predicted molar refractivity (Wildman–Crippen MR) is 73.5 cm³/mol. The Kier molecular flexibility index (Phi) is 5.01. The van der Waals surface area contributed by atoms with Crippen molar-refractivity contribution >= 4 is 5.91 Å². The van der Waals surface area contributed by atoms with Gasteiger partial charge in [0.2, 0.25) is 5.91 Å². The quantitative estimate of drug-likeness (QED) is 0.795. The number of hydrogen-bond acceptors (Lipinski definition) is 3. The second-order valence-corrected chi connectivity index (χ2v) is 5.95. The topological polar surface area (TPSA) is 35.6 Å². The molecule has 1 amide bonds. The molecule has 1 N–H and O–H groups in total. The Morgan fingerprint density at radius 1 is 1.28 bits per heavy atom. The molecule has 2 aliphatic heterocycles. The van der Waals surface area contributed by atoms with Gasteiger partial charge in [-0.3, -0.25) is 4.79 Å². The van der Waals surface area contributed by atoms with Crippen molar-refractivity contribution in [2.75, 3.05) is 39.8 Å².